The van der Waals surface area contributed by atoms with Crippen LogP contribution < -0.4 is 5.73 Å². The maximum Gasteiger partial charge on any atom is 0.0359 e. The highest BCUT2D eigenvalue weighted by Gasteiger charge is 2.45. The molecule has 1 aliphatic rings. The molecule has 0 aromatic carbocycles. The molecule has 0 spiro atoms. The van der Waals surface area contributed by atoms with Crippen LogP contribution >= 0.6 is 0 Å². The van der Waals surface area contributed by atoms with E-state index >= 15 is 0 Å². The normalized spacial score (nSPS) is 34.1. The molecule has 1 fully saturated rings. The molecule has 0 radical (unpaired) electrons. The summed E-state index contributed by atoms with van der Waals surface area (Å²) in [6.07, 6.45) is 5.14. The maximum absolute atomic E-state index is 6.57. The first-order valence-electron chi connectivity index (χ1n) is 6.63. The molecule has 0 heterocycles. The van der Waals surface area contributed by atoms with Crippen LogP contribution in [0.25, 0.3) is 0 Å². The number of nitrogens with two attached hydrogens (primary N) is 1. The third kappa shape index (κ3) is 2.60. The van der Waals surface area contributed by atoms with E-state index < -0.39 is 0 Å². The van der Waals surface area contributed by atoms with E-state index in [1.165, 1.54) is 25.7 Å². The highest BCUT2D eigenvalue weighted by molar-refractivity contribution is 5.04. The van der Waals surface area contributed by atoms with Gasteiger partial charge in [0.2, 0.25) is 0 Å². The first-order chi connectivity index (χ1) is 7.20. The molecule has 0 amide bonds. The van der Waals surface area contributed by atoms with Gasteiger partial charge in [0.05, 0.1) is 0 Å². The van der Waals surface area contributed by atoms with Gasteiger partial charge in [-0.15, -0.1) is 0 Å². The minimum Gasteiger partial charge on any atom is -0.326 e. The summed E-state index contributed by atoms with van der Waals surface area (Å²) in [5, 5.41) is 0. The van der Waals surface area contributed by atoms with Gasteiger partial charge in [-0.25, -0.2) is 0 Å². The lowest BCUT2D eigenvalue weighted by molar-refractivity contribution is 0.0191. The Balaban J connectivity index is 2.90. The molecule has 0 bridgehead atoms. The third-order valence-corrected chi connectivity index (χ3v) is 4.54. The summed E-state index contributed by atoms with van der Waals surface area (Å²) >= 11 is 0. The molecule has 0 aromatic heterocycles. The zero-order valence-electron chi connectivity index (χ0n) is 12.0. The SMILES string of the molecule is CC1CCC(C(N)C(C)(C)C)(N(C)C)CC1. The van der Waals surface area contributed by atoms with E-state index in [1.54, 1.807) is 0 Å². The minimum absolute atomic E-state index is 0.185. The summed E-state index contributed by atoms with van der Waals surface area (Å²) in [4.78, 5) is 2.38. The predicted molar refractivity (Wildman–Crippen MR) is 71.5 cm³/mol. The van der Waals surface area contributed by atoms with E-state index in [2.05, 4.69) is 46.7 Å². The van der Waals surface area contributed by atoms with Gasteiger partial charge < -0.3 is 10.6 Å². The van der Waals surface area contributed by atoms with Gasteiger partial charge in [-0.1, -0.05) is 27.7 Å². The second-order valence-electron chi connectivity index (χ2n) is 7.02. The second kappa shape index (κ2) is 4.66. The molecule has 0 saturated heterocycles. The molecule has 2 N–H and O–H groups in total. The number of nitrogens with zero attached hydrogens (tertiary/aromatic N) is 1. The summed E-state index contributed by atoms with van der Waals surface area (Å²) in [5.41, 5.74) is 6.96. The average molecular weight is 226 g/mol. The van der Waals surface area contributed by atoms with Crippen molar-refractivity contribution in [1.29, 1.82) is 0 Å². The van der Waals surface area contributed by atoms with E-state index in [0.29, 0.717) is 0 Å². The van der Waals surface area contributed by atoms with Crippen molar-refractivity contribution < 1.29 is 0 Å². The van der Waals surface area contributed by atoms with Gasteiger partial charge in [0.25, 0.3) is 0 Å². The second-order valence-corrected chi connectivity index (χ2v) is 7.02. The van der Waals surface area contributed by atoms with Gasteiger partial charge in [-0.05, 0) is 51.1 Å². The number of hydrogen-bond acceptors (Lipinski definition) is 2. The Bertz CT molecular complexity index is 219. The van der Waals surface area contributed by atoms with Gasteiger partial charge >= 0.3 is 0 Å². The van der Waals surface area contributed by atoms with E-state index in [1.807, 2.05) is 0 Å². The van der Waals surface area contributed by atoms with Gasteiger partial charge in [0.15, 0.2) is 0 Å². The number of rotatable bonds is 2. The summed E-state index contributed by atoms with van der Waals surface area (Å²) in [7, 11) is 4.39. The molecule has 0 aliphatic heterocycles. The van der Waals surface area contributed by atoms with Gasteiger partial charge in [0.1, 0.15) is 0 Å². The zero-order chi connectivity index (χ0) is 12.6. The standard InChI is InChI=1S/C14H30N2/c1-11-7-9-14(10-8-11,16(5)6)12(15)13(2,3)4/h11-12H,7-10,15H2,1-6H3. The summed E-state index contributed by atoms with van der Waals surface area (Å²) in [6, 6.07) is 0.252. The number of likely N-dealkylation sites (N-methyl/N-ethyl adjacent to an activating group) is 1. The molecule has 96 valence electrons. The lowest BCUT2D eigenvalue weighted by Gasteiger charge is -2.52. The average Bonchev–Trinajstić information content (AvgIpc) is 2.16. The van der Waals surface area contributed by atoms with Crippen LogP contribution in [0.15, 0.2) is 0 Å². The van der Waals surface area contributed by atoms with E-state index in [0.717, 1.165) is 5.92 Å². The predicted octanol–water partition coefficient (Wildman–Crippen LogP) is 2.87. The Labute approximate surface area is 102 Å². The largest absolute Gasteiger partial charge is 0.326 e. The quantitative estimate of drug-likeness (QED) is 0.784. The molecule has 1 rings (SSSR count). The van der Waals surface area contributed by atoms with Crippen LogP contribution in [0.2, 0.25) is 0 Å². The Morgan fingerprint density at radius 3 is 1.94 bits per heavy atom. The van der Waals surface area contributed by atoms with Crippen molar-refractivity contribution >= 4 is 0 Å². The van der Waals surface area contributed by atoms with Crippen molar-refractivity contribution in [1.82, 2.24) is 4.90 Å². The molecule has 1 unspecified atom stereocenters. The van der Waals surface area contributed by atoms with Crippen molar-refractivity contribution in [2.75, 3.05) is 14.1 Å². The Morgan fingerprint density at radius 1 is 1.19 bits per heavy atom. The van der Waals surface area contributed by atoms with Gasteiger partial charge in [0, 0.05) is 11.6 Å². The number of hydrogen-bond donors (Lipinski definition) is 1. The zero-order valence-corrected chi connectivity index (χ0v) is 12.0. The van der Waals surface area contributed by atoms with Crippen LogP contribution in [-0.4, -0.2) is 30.6 Å². The van der Waals surface area contributed by atoms with Crippen molar-refractivity contribution in [2.24, 2.45) is 17.1 Å². The monoisotopic (exact) mass is 226 g/mol. The summed E-state index contributed by atoms with van der Waals surface area (Å²) in [6.45, 7) is 9.16. The molecular weight excluding hydrogens is 196 g/mol. The van der Waals surface area contributed by atoms with Crippen LogP contribution in [-0.2, 0) is 0 Å². The first kappa shape index (κ1) is 14.0. The molecule has 1 saturated carbocycles. The summed E-state index contributed by atoms with van der Waals surface area (Å²) in [5.74, 6) is 0.875. The molecule has 1 atom stereocenters. The van der Waals surface area contributed by atoms with Crippen LogP contribution in [0.1, 0.15) is 53.4 Å². The third-order valence-electron chi connectivity index (χ3n) is 4.54. The van der Waals surface area contributed by atoms with Crippen molar-refractivity contribution in [3.05, 3.63) is 0 Å². The molecule has 0 aromatic rings. The van der Waals surface area contributed by atoms with Crippen LogP contribution in [0, 0.1) is 11.3 Å². The Kier molecular flexibility index (Phi) is 4.07. The lowest BCUT2D eigenvalue weighted by atomic mass is 9.65. The molecule has 2 nitrogen and oxygen atoms in total. The van der Waals surface area contributed by atoms with Crippen molar-refractivity contribution in [3.63, 3.8) is 0 Å². The van der Waals surface area contributed by atoms with Crippen LogP contribution in [0.5, 0.6) is 0 Å². The fraction of sp³-hybridized carbons (Fsp3) is 1.00. The summed E-state index contributed by atoms with van der Waals surface area (Å²) < 4.78 is 0. The Hall–Kier alpha value is -0.0800. The minimum atomic E-state index is 0.185. The fourth-order valence-corrected chi connectivity index (χ4v) is 3.10. The Morgan fingerprint density at radius 2 is 1.62 bits per heavy atom. The van der Waals surface area contributed by atoms with Crippen LogP contribution in [0.4, 0.5) is 0 Å². The molecular formula is C14H30N2. The lowest BCUT2D eigenvalue weighted by Crippen LogP contribution is -2.63. The molecule has 1 aliphatic carbocycles. The van der Waals surface area contributed by atoms with E-state index in [4.69, 9.17) is 5.73 Å². The first-order valence-corrected chi connectivity index (χ1v) is 6.63. The van der Waals surface area contributed by atoms with Gasteiger partial charge in [-0.3, -0.25) is 0 Å². The van der Waals surface area contributed by atoms with E-state index in [-0.39, 0.29) is 17.0 Å². The molecule has 2 heteroatoms. The van der Waals surface area contributed by atoms with Gasteiger partial charge in [-0.2, -0.15) is 0 Å². The highest BCUT2D eigenvalue weighted by atomic mass is 15.2. The van der Waals surface area contributed by atoms with Crippen molar-refractivity contribution in [3.8, 4) is 0 Å². The topological polar surface area (TPSA) is 29.3 Å². The smallest absolute Gasteiger partial charge is 0.0359 e. The van der Waals surface area contributed by atoms with Crippen LogP contribution in [0.3, 0.4) is 0 Å². The van der Waals surface area contributed by atoms with E-state index in [9.17, 15) is 0 Å². The molecule has 16 heavy (non-hydrogen) atoms. The highest BCUT2D eigenvalue weighted by Crippen LogP contribution is 2.41. The maximum atomic E-state index is 6.57. The van der Waals surface area contributed by atoms with Crippen molar-refractivity contribution in [2.45, 2.75) is 65.0 Å². The fourth-order valence-electron chi connectivity index (χ4n) is 3.10.